The zero-order chi connectivity index (χ0) is 13.8. The third-order valence-corrected chi connectivity index (χ3v) is 3.37. The molecule has 0 saturated heterocycles. The largest absolute Gasteiger partial charge is 0.496 e. The molecule has 0 spiro atoms. The highest BCUT2D eigenvalue weighted by atomic mass is 32.1. The third-order valence-electron chi connectivity index (χ3n) is 2.49. The van der Waals surface area contributed by atoms with E-state index in [1.165, 1.54) is 25.6 Å². The van der Waals surface area contributed by atoms with Crippen molar-refractivity contribution >= 4 is 22.4 Å². The molecule has 1 amide bonds. The minimum atomic E-state index is -0.302. The van der Waals surface area contributed by atoms with Crippen molar-refractivity contribution in [1.82, 2.24) is 4.98 Å². The monoisotopic (exact) mass is 278 g/mol. The maximum Gasteiger partial charge on any atom is 0.265 e. The van der Waals surface area contributed by atoms with Crippen molar-refractivity contribution < 1.29 is 14.3 Å². The lowest BCUT2D eigenvalue weighted by Crippen LogP contribution is -2.14. The number of hydrogen-bond donors (Lipinski definition) is 1. The van der Waals surface area contributed by atoms with Crippen molar-refractivity contribution in [1.29, 1.82) is 0 Å². The van der Waals surface area contributed by atoms with Crippen LogP contribution in [0.15, 0.2) is 23.6 Å². The number of ether oxygens (including phenoxy) is 2. The van der Waals surface area contributed by atoms with Gasteiger partial charge in [0.25, 0.3) is 5.91 Å². The molecule has 0 saturated carbocycles. The van der Waals surface area contributed by atoms with E-state index in [2.05, 4.69) is 10.3 Å². The summed E-state index contributed by atoms with van der Waals surface area (Å²) in [5.74, 6) is 0.624. The number of nitrogens with one attached hydrogen (secondary N) is 1. The van der Waals surface area contributed by atoms with Crippen LogP contribution < -0.4 is 14.8 Å². The van der Waals surface area contributed by atoms with E-state index in [9.17, 15) is 4.79 Å². The Morgan fingerprint density at radius 3 is 2.37 bits per heavy atom. The molecule has 6 heteroatoms. The lowest BCUT2D eigenvalue weighted by Gasteiger charge is -2.11. The molecule has 1 aromatic carbocycles. The first kappa shape index (κ1) is 13.4. The Bertz CT molecular complexity index is 573. The zero-order valence-electron chi connectivity index (χ0n) is 10.9. The highest BCUT2D eigenvalue weighted by molar-refractivity contribution is 7.13. The molecule has 100 valence electrons. The number of methoxy groups -OCH3 is 2. The molecule has 0 aliphatic heterocycles. The molecule has 0 unspecified atom stereocenters. The maximum absolute atomic E-state index is 12.3. The predicted molar refractivity (Wildman–Crippen MR) is 74.4 cm³/mol. The number of thiazole rings is 1. The Morgan fingerprint density at radius 1 is 1.26 bits per heavy atom. The molecule has 2 aromatic rings. The van der Waals surface area contributed by atoms with Gasteiger partial charge in [0.05, 0.1) is 19.9 Å². The van der Waals surface area contributed by atoms with Gasteiger partial charge < -0.3 is 9.47 Å². The van der Waals surface area contributed by atoms with E-state index in [-0.39, 0.29) is 5.91 Å². The van der Waals surface area contributed by atoms with Crippen LogP contribution >= 0.6 is 11.3 Å². The van der Waals surface area contributed by atoms with Gasteiger partial charge in [0.1, 0.15) is 17.1 Å². The summed E-state index contributed by atoms with van der Waals surface area (Å²) in [6.45, 7) is 1.87. The number of aryl methyl sites for hydroxylation is 1. The highest BCUT2D eigenvalue weighted by Crippen LogP contribution is 2.29. The van der Waals surface area contributed by atoms with Crippen molar-refractivity contribution in [2.24, 2.45) is 0 Å². The molecule has 1 N–H and O–H groups in total. The summed E-state index contributed by atoms with van der Waals surface area (Å²) >= 11 is 1.37. The first-order chi connectivity index (χ1) is 9.15. The van der Waals surface area contributed by atoms with Crippen LogP contribution in [0, 0.1) is 6.92 Å². The van der Waals surface area contributed by atoms with E-state index in [4.69, 9.17) is 9.47 Å². The van der Waals surface area contributed by atoms with Gasteiger partial charge in [-0.1, -0.05) is 6.07 Å². The fourth-order valence-corrected chi connectivity index (χ4v) is 2.33. The Kier molecular flexibility index (Phi) is 4.01. The van der Waals surface area contributed by atoms with Crippen LogP contribution in [0.1, 0.15) is 16.1 Å². The topological polar surface area (TPSA) is 60.5 Å². The minimum absolute atomic E-state index is 0.302. The van der Waals surface area contributed by atoms with Crippen molar-refractivity contribution in [3.05, 3.63) is 34.8 Å². The Labute approximate surface area is 115 Å². The molecular weight excluding hydrogens is 264 g/mol. The standard InChI is InChI=1S/C13H14N2O3S/c1-8-7-19-13(14-8)15-12(16)11-9(17-2)5-4-6-10(11)18-3/h4-7H,1-3H3,(H,14,15,16). The van der Waals surface area contributed by atoms with Crippen LogP contribution in [-0.4, -0.2) is 25.1 Å². The molecule has 5 nitrogen and oxygen atoms in total. The summed E-state index contributed by atoms with van der Waals surface area (Å²) in [5, 5.41) is 5.16. The fourth-order valence-electron chi connectivity index (χ4n) is 1.65. The second-order valence-corrected chi connectivity index (χ2v) is 4.64. The van der Waals surface area contributed by atoms with Crippen LogP contribution in [0.3, 0.4) is 0 Å². The van der Waals surface area contributed by atoms with Gasteiger partial charge in [0, 0.05) is 5.38 Å². The molecule has 1 aromatic heterocycles. The Morgan fingerprint density at radius 2 is 1.89 bits per heavy atom. The number of aromatic nitrogens is 1. The molecule has 19 heavy (non-hydrogen) atoms. The quantitative estimate of drug-likeness (QED) is 0.934. The number of rotatable bonds is 4. The number of anilines is 1. The van der Waals surface area contributed by atoms with Gasteiger partial charge in [-0.3, -0.25) is 10.1 Å². The summed E-state index contributed by atoms with van der Waals surface area (Å²) in [6.07, 6.45) is 0. The summed E-state index contributed by atoms with van der Waals surface area (Å²) in [6, 6.07) is 5.19. The molecular formula is C13H14N2O3S. The highest BCUT2D eigenvalue weighted by Gasteiger charge is 2.19. The van der Waals surface area contributed by atoms with Crippen molar-refractivity contribution in [2.75, 3.05) is 19.5 Å². The smallest absolute Gasteiger partial charge is 0.265 e. The van der Waals surface area contributed by atoms with Gasteiger partial charge in [-0.25, -0.2) is 4.98 Å². The van der Waals surface area contributed by atoms with Gasteiger partial charge in [-0.2, -0.15) is 0 Å². The minimum Gasteiger partial charge on any atom is -0.496 e. The second kappa shape index (κ2) is 5.71. The molecule has 0 fully saturated rings. The first-order valence-corrected chi connectivity index (χ1v) is 6.48. The first-order valence-electron chi connectivity index (χ1n) is 5.60. The maximum atomic E-state index is 12.3. The van der Waals surface area contributed by atoms with Gasteiger partial charge in [0.15, 0.2) is 5.13 Å². The zero-order valence-corrected chi connectivity index (χ0v) is 11.7. The summed E-state index contributed by atoms with van der Waals surface area (Å²) in [7, 11) is 3.03. The van der Waals surface area contributed by atoms with Crippen LogP contribution in [0.2, 0.25) is 0 Å². The molecule has 0 aliphatic carbocycles. The number of carbonyl (C=O) groups excluding carboxylic acids is 1. The summed E-state index contributed by atoms with van der Waals surface area (Å²) in [5.41, 5.74) is 1.23. The normalized spacial score (nSPS) is 10.1. The van der Waals surface area contributed by atoms with Gasteiger partial charge >= 0.3 is 0 Å². The van der Waals surface area contributed by atoms with Crippen molar-refractivity contribution in [3.63, 3.8) is 0 Å². The van der Waals surface area contributed by atoms with E-state index < -0.39 is 0 Å². The number of nitrogens with zero attached hydrogens (tertiary/aromatic N) is 1. The van der Waals surface area contributed by atoms with Crippen LogP contribution in [0.5, 0.6) is 11.5 Å². The Hall–Kier alpha value is -2.08. The molecule has 0 atom stereocenters. The van der Waals surface area contributed by atoms with Crippen LogP contribution in [0.25, 0.3) is 0 Å². The molecule has 0 aliphatic rings. The molecule has 0 bridgehead atoms. The number of amides is 1. The Balaban J connectivity index is 2.32. The van der Waals surface area contributed by atoms with E-state index >= 15 is 0 Å². The van der Waals surface area contributed by atoms with Crippen LogP contribution in [-0.2, 0) is 0 Å². The fraction of sp³-hybridized carbons (Fsp3) is 0.231. The number of benzene rings is 1. The van der Waals surface area contributed by atoms with E-state index in [0.717, 1.165) is 5.69 Å². The van der Waals surface area contributed by atoms with Crippen LogP contribution in [0.4, 0.5) is 5.13 Å². The van der Waals surface area contributed by atoms with Gasteiger partial charge in [-0.05, 0) is 19.1 Å². The van der Waals surface area contributed by atoms with E-state index in [1.807, 2.05) is 12.3 Å². The molecule has 2 rings (SSSR count). The SMILES string of the molecule is COc1cccc(OC)c1C(=O)Nc1nc(C)cs1. The lowest BCUT2D eigenvalue weighted by molar-refractivity contribution is 0.102. The van der Waals surface area contributed by atoms with Gasteiger partial charge in [0.2, 0.25) is 0 Å². The second-order valence-electron chi connectivity index (χ2n) is 3.79. The van der Waals surface area contributed by atoms with E-state index in [0.29, 0.717) is 22.2 Å². The van der Waals surface area contributed by atoms with E-state index in [1.54, 1.807) is 18.2 Å². The average Bonchev–Trinajstić information content (AvgIpc) is 2.82. The van der Waals surface area contributed by atoms with Gasteiger partial charge in [-0.15, -0.1) is 11.3 Å². The molecule has 0 radical (unpaired) electrons. The van der Waals surface area contributed by atoms with Crippen molar-refractivity contribution in [2.45, 2.75) is 6.92 Å². The summed E-state index contributed by atoms with van der Waals surface area (Å²) in [4.78, 5) is 16.5. The molecule has 1 heterocycles. The average molecular weight is 278 g/mol. The third kappa shape index (κ3) is 2.85. The predicted octanol–water partition coefficient (Wildman–Crippen LogP) is 2.72. The number of hydrogen-bond acceptors (Lipinski definition) is 5. The lowest BCUT2D eigenvalue weighted by atomic mass is 10.1. The summed E-state index contributed by atoms with van der Waals surface area (Å²) < 4.78 is 10.4. The van der Waals surface area contributed by atoms with Crippen molar-refractivity contribution in [3.8, 4) is 11.5 Å². The number of carbonyl (C=O) groups is 1.